The van der Waals surface area contributed by atoms with Gasteiger partial charge in [-0.15, -0.1) is 0 Å². The van der Waals surface area contributed by atoms with Crippen LogP contribution in [-0.2, 0) is 10.5 Å². The summed E-state index contributed by atoms with van der Waals surface area (Å²) >= 11 is 0. The summed E-state index contributed by atoms with van der Waals surface area (Å²) < 4.78 is 5.92. The minimum Gasteiger partial charge on any atom is -0.419 e. The molecule has 0 saturated heterocycles. The quantitative estimate of drug-likeness (QED) is 0.676. The summed E-state index contributed by atoms with van der Waals surface area (Å²) in [5.41, 5.74) is 1.49. The van der Waals surface area contributed by atoms with Gasteiger partial charge in [-0.05, 0) is 31.9 Å². The Labute approximate surface area is 89.4 Å². The second kappa shape index (κ2) is 5.32. The zero-order chi connectivity index (χ0) is 10.4. The van der Waals surface area contributed by atoms with Crippen molar-refractivity contribution in [3.8, 4) is 0 Å². The van der Waals surface area contributed by atoms with Gasteiger partial charge in [0.2, 0.25) is 0 Å². The third-order valence-electron chi connectivity index (χ3n) is 2.58. The van der Waals surface area contributed by atoms with Gasteiger partial charge in [-0.3, -0.25) is 0 Å². The molecule has 2 heteroatoms. The van der Waals surface area contributed by atoms with E-state index in [4.69, 9.17) is 4.43 Å². The van der Waals surface area contributed by atoms with Crippen molar-refractivity contribution in [2.24, 2.45) is 0 Å². The molecule has 0 unspecified atom stereocenters. The maximum absolute atomic E-state index is 5.92. The van der Waals surface area contributed by atoms with Gasteiger partial charge in [0, 0.05) is 5.60 Å². The number of hydrogen-bond acceptors (Lipinski definition) is 1. The highest BCUT2D eigenvalue weighted by Gasteiger charge is 2.13. The van der Waals surface area contributed by atoms with Crippen molar-refractivity contribution in [3.05, 3.63) is 35.9 Å². The maximum Gasteiger partial charge on any atom is 0.166 e. The zero-order valence-corrected chi connectivity index (χ0v) is 10.8. The Morgan fingerprint density at radius 2 is 1.86 bits per heavy atom. The van der Waals surface area contributed by atoms with E-state index in [1.54, 1.807) is 0 Å². The molecule has 0 aliphatic carbocycles. The molecule has 1 aromatic rings. The van der Waals surface area contributed by atoms with Crippen molar-refractivity contribution < 1.29 is 4.43 Å². The van der Waals surface area contributed by atoms with Gasteiger partial charge >= 0.3 is 0 Å². The fourth-order valence-corrected chi connectivity index (χ4v) is 2.62. The van der Waals surface area contributed by atoms with Crippen LogP contribution in [0.1, 0.15) is 32.8 Å². The summed E-state index contributed by atoms with van der Waals surface area (Å²) in [6, 6.07) is 11.7. The molecule has 0 spiro atoms. The van der Waals surface area contributed by atoms with E-state index in [1.165, 1.54) is 5.56 Å². The molecule has 0 aliphatic heterocycles. The van der Waals surface area contributed by atoms with Crippen LogP contribution in [0.15, 0.2) is 30.3 Å². The van der Waals surface area contributed by atoms with Gasteiger partial charge in [0.25, 0.3) is 0 Å². The van der Waals surface area contributed by atoms with Crippen molar-refractivity contribution in [3.63, 3.8) is 0 Å². The lowest BCUT2D eigenvalue weighted by Gasteiger charge is -2.23. The van der Waals surface area contributed by atoms with Crippen molar-refractivity contribution >= 4 is 9.76 Å². The first-order chi connectivity index (χ1) is 6.64. The molecule has 1 nitrogen and oxygen atoms in total. The SMILES string of the molecule is CCC(C)(C)O[SiH2]Cc1ccccc1. The van der Waals surface area contributed by atoms with Crippen LogP contribution in [0.4, 0.5) is 0 Å². The van der Waals surface area contributed by atoms with E-state index >= 15 is 0 Å². The van der Waals surface area contributed by atoms with E-state index in [9.17, 15) is 0 Å². The summed E-state index contributed by atoms with van der Waals surface area (Å²) in [6.45, 7) is 6.52. The minimum absolute atomic E-state index is 0.0843. The number of benzene rings is 1. The second-order valence-electron chi connectivity index (χ2n) is 4.20. The van der Waals surface area contributed by atoms with E-state index in [0.717, 1.165) is 12.5 Å². The van der Waals surface area contributed by atoms with Crippen LogP contribution in [0, 0.1) is 0 Å². The molecule has 0 aromatic heterocycles. The van der Waals surface area contributed by atoms with Gasteiger partial charge in [0.05, 0.1) is 0 Å². The predicted molar refractivity (Wildman–Crippen MR) is 64.1 cm³/mol. The summed E-state index contributed by atoms with van der Waals surface area (Å²) in [4.78, 5) is 0. The molecule has 0 bridgehead atoms. The van der Waals surface area contributed by atoms with Gasteiger partial charge in [0.15, 0.2) is 9.76 Å². The average Bonchev–Trinajstić information content (AvgIpc) is 2.19. The average molecular weight is 208 g/mol. The summed E-state index contributed by atoms with van der Waals surface area (Å²) in [7, 11) is -0.402. The lowest BCUT2D eigenvalue weighted by Crippen LogP contribution is -2.26. The summed E-state index contributed by atoms with van der Waals surface area (Å²) in [5, 5.41) is 0. The molecular weight excluding hydrogens is 188 g/mol. The first-order valence-corrected chi connectivity index (χ1v) is 6.90. The molecule has 1 rings (SSSR count). The third kappa shape index (κ3) is 4.07. The van der Waals surface area contributed by atoms with Crippen molar-refractivity contribution in [1.29, 1.82) is 0 Å². The Bertz CT molecular complexity index is 256. The molecule has 78 valence electrons. The van der Waals surface area contributed by atoms with E-state index in [1.807, 2.05) is 0 Å². The van der Waals surface area contributed by atoms with Gasteiger partial charge < -0.3 is 4.43 Å². The largest absolute Gasteiger partial charge is 0.419 e. The summed E-state index contributed by atoms with van der Waals surface area (Å²) in [6.07, 6.45) is 1.09. The van der Waals surface area contributed by atoms with Gasteiger partial charge in [-0.1, -0.05) is 37.3 Å². The Balaban J connectivity index is 2.29. The number of rotatable bonds is 5. The van der Waals surface area contributed by atoms with Gasteiger partial charge in [-0.2, -0.15) is 0 Å². The lowest BCUT2D eigenvalue weighted by molar-refractivity contribution is 0.111. The molecule has 0 radical (unpaired) electrons. The molecule has 0 heterocycles. The third-order valence-corrected chi connectivity index (χ3v) is 4.34. The van der Waals surface area contributed by atoms with Crippen molar-refractivity contribution in [1.82, 2.24) is 0 Å². The Morgan fingerprint density at radius 1 is 1.21 bits per heavy atom. The van der Waals surface area contributed by atoms with Crippen LogP contribution in [0.2, 0.25) is 0 Å². The van der Waals surface area contributed by atoms with Gasteiger partial charge in [0.1, 0.15) is 0 Å². The first kappa shape index (κ1) is 11.5. The van der Waals surface area contributed by atoms with Crippen molar-refractivity contribution in [2.75, 3.05) is 0 Å². The smallest absolute Gasteiger partial charge is 0.166 e. The van der Waals surface area contributed by atoms with Crippen LogP contribution in [0.3, 0.4) is 0 Å². The molecular formula is C12H20OSi. The standard InChI is InChI=1S/C12H20OSi/c1-4-12(2,3)13-14-10-11-8-6-5-7-9-11/h5-9H,4,10,14H2,1-3H3. The first-order valence-electron chi connectivity index (χ1n) is 5.32. The molecule has 0 atom stereocenters. The molecule has 0 aliphatic rings. The molecule has 14 heavy (non-hydrogen) atoms. The monoisotopic (exact) mass is 208 g/mol. The topological polar surface area (TPSA) is 9.23 Å². The van der Waals surface area contributed by atoms with Crippen LogP contribution < -0.4 is 0 Å². The second-order valence-corrected chi connectivity index (χ2v) is 5.39. The molecule has 0 amide bonds. The Hall–Kier alpha value is -0.603. The van der Waals surface area contributed by atoms with E-state index < -0.39 is 9.76 Å². The lowest BCUT2D eigenvalue weighted by atomic mass is 10.1. The summed E-state index contributed by atoms with van der Waals surface area (Å²) in [5.74, 6) is 0. The zero-order valence-electron chi connectivity index (χ0n) is 9.42. The number of hydrogen-bond donors (Lipinski definition) is 0. The maximum atomic E-state index is 5.92. The van der Waals surface area contributed by atoms with Crippen LogP contribution in [-0.4, -0.2) is 15.4 Å². The van der Waals surface area contributed by atoms with E-state index in [0.29, 0.717) is 0 Å². The Kier molecular flexibility index (Phi) is 4.36. The fourth-order valence-electron chi connectivity index (χ4n) is 1.19. The van der Waals surface area contributed by atoms with Gasteiger partial charge in [-0.25, -0.2) is 0 Å². The van der Waals surface area contributed by atoms with Crippen molar-refractivity contribution in [2.45, 2.75) is 38.8 Å². The highest BCUT2D eigenvalue weighted by molar-refractivity contribution is 6.26. The minimum atomic E-state index is -0.402. The predicted octanol–water partition coefficient (Wildman–Crippen LogP) is 2.48. The van der Waals surface area contributed by atoms with Crippen LogP contribution in [0.25, 0.3) is 0 Å². The highest BCUT2D eigenvalue weighted by atomic mass is 28.2. The van der Waals surface area contributed by atoms with E-state index in [2.05, 4.69) is 51.1 Å². The molecule has 0 N–H and O–H groups in total. The normalized spacial score (nSPS) is 12.5. The Morgan fingerprint density at radius 3 is 2.43 bits per heavy atom. The van der Waals surface area contributed by atoms with Crippen LogP contribution in [0.5, 0.6) is 0 Å². The van der Waals surface area contributed by atoms with E-state index in [-0.39, 0.29) is 5.60 Å². The molecule has 0 saturated carbocycles. The van der Waals surface area contributed by atoms with Crippen LogP contribution >= 0.6 is 0 Å². The molecule has 1 aromatic carbocycles. The molecule has 0 fully saturated rings. The fraction of sp³-hybridized carbons (Fsp3) is 0.500. The highest BCUT2D eigenvalue weighted by Crippen LogP contribution is 2.12.